The number of carbonyl (C=O) groups is 1. The molecule has 1 aliphatic heterocycles. The molecule has 1 aromatic heterocycles. The molecule has 1 atom stereocenters. The second kappa shape index (κ2) is 12.1. The number of nitrogens with zero attached hydrogens (tertiary/aromatic N) is 2. The van der Waals surface area contributed by atoms with Gasteiger partial charge in [-0.15, -0.1) is 0 Å². The topological polar surface area (TPSA) is 110 Å². The molecule has 9 nitrogen and oxygen atoms in total. The predicted octanol–water partition coefficient (Wildman–Crippen LogP) is 3.50. The average molecular weight is 549 g/mol. The highest BCUT2D eigenvalue weighted by Gasteiger charge is 2.22. The molecule has 1 fully saturated rings. The Morgan fingerprint density at radius 2 is 1.92 bits per heavy atom. The number of carboxylic acid groups (broad SMARTS) is 1. The first-order chi connectivity index (χ1) is 18.3. The van der Waals surface area contributed by atoms with Gasteiger partial charge in [-0.05, 0) is 35.7 Å². The summed E-state index contributed by atoms with van der Waals surface area (Å²) >= 11 is 6.25. The molecule has 0 amide bonds. The lowest BCUT2D eigenvalue weighted by molar-refractivity contribution is 0.0694. The number of aromatic carboxylic acids is 1. The fraction of sp³-hybridized carbons (Fsp3) is 0.407. The lowest BCUT2D eigenvalue weighted by Crippen LogP contribution is -2.36. The Morgan fingerprint density at radius 1 is 1.18 bits per heavy atom. The molecular formula is C27H30ClFN2O7. The number of methoxy groups -OCH3 is 2. The maximum Gasteiger partial charge on any atom is 0.341 e. The molecule has 2 N–H and O–H groups in total. The van der Waals surface area contributed by atoms with Crippen LogP contribution >= 0.6 is 11.6 Å². The fourth-order valence-corrected chi connectivity index (χ4v) is 4.98. The zero-order chi connectivity index (χ0) is 27.4. The summed E-state index contributed by atoms with van der Waals surface area (Å²) in [5, 5.41) is 19.8. The van der Waals surface area contributed by atoms with Gasteiger partial charge >= 0.3 is 5.97 Å². The highest BCUT2D eigenvalue weighted by atomic mass is 35.5. The molecule has 2 heterocycles. The minimum atomic E-state index is -1.39. The van der Waals surface area contributed by atoms with Crippen molar-refractivity contribution in [1.29, 1.82) is 0 Å². The highest BCUT2D eigenvalue weighted by molar-refractivity contribution is 6.31. The molecule has 1 aliphatic rings. The molecule has 38 heavy (non-hydrogen) atoms. The van der Waals surface area contributed by atoms with Crippen LogP contribution in [0.15, 0.2) is 35.3 Å². The Hall–Kier alpha value is -3.18. The van der Waals surface area contributed by atoms with E-state index in [1.807, 2.05) is 0 Å². The number of hydrogen-bond acceptors (Lipinski definition) is 7. The number of benzene rings is 2. The first kappa shape index (κ1) is 27.8. The van der Waals surface area contributed by atoms with Crippen LogP contribution in [-0.2, 0) is 15.9 Å². The van der Waals surface area contributed by atoms with Gasteiger partial charge in [0.05, 0.1) is 43.5 Å². The second-order valence-corrected chi connectivity index (χ2v) is 9.47. The van der Waals surface area contributed by atoms with E-state index in [0.717, 1.165) is 5.69 Å². The Morgan fingerprint density at radius 3 is 2.55 bits per heavy atom. The Labute approximate surface area is 223 Å². The number of aliphatic hydroxyl groups excluding tert-OH is 1. The molecule has 3 aromatic rings. The summed E-state index contributed by atoms with van der Waals surface area (Å²) in [5.41, 5.74) is 0.812. The van der Waals surface area contributed by atoms with E-state index in [0.29, 0.717) is 61.7 Å². The van der Waals surface area contributed by atoms with Gasteiger partial charge in [-0.3, -0.25) is 4.79 Å². The Balaban J connectivity index is 1.86. The molecule has 0 aliphatic carbocycles. The van der Waals surface area contributed by atoms with Crippen molar-refractivity contribution >= 4 is 34.2 Å². The van der Waals surface area contributed by atoms with E-state index >= 15 is 4.39 Å². The van der Waals surface area contributed by atoms with Crippen molar-refractivity contribution < 1.29 is 33.6 Å². The Bertz CT molecular complexity index is 1390. The number of anilines is 1. The van der Waals surface area contributed by atoms with Gasteiger partial charge in [-0.25, -0.2) is 9.18 Å². The van der Waals surface area contributed by atoms with Crippen LogP contribution in [0.25, 0.3) is 10.9 Å². The monoisotopic (exact) mass is 548 g/mol. The van der Waals surface area contributed by atoms with Gasteiger partial charge in [0, 0.05) is 56.6 Å². The summed E-state index contributed by atoms with van der Waals surface area (Å²) in [6, 6.07) is 5.88. The van der Waals surface area contributed by atoms with Gasteiger partial charge < -0.3 is 33.9 Å². The minimum absolute atomic E-state index is 0.0248. The average Bonchev–Trinajstić information content (AvgIpc) is 2.92. The molecule has 2 aromatic carbocycles. The molecule has 204 valence electrons. The summed E-state index contributed by atoms with van der Waals surface area (Å²) in [4.78, 5) is 27.2. The van der Waals surface area contributed by atoms with Crippen LogP contribution in [-0.4, -0.2) is 74.5 Å². The first-order valence-corrected chi connectivity index (χ1v) is 12.6. The molecule has 4 rings (SSSR count). The number of ether oxygens (including phenoxy) is 3. The fourth-order valence-electron chi connectivity index (χ4n) is 4.74. The van der Waals surface area contributed by atoms with E-state index in [9.17, 15) is 19.8 Å². The molecule has 1 saturated heterocycles. The first-order valence-electron chi connectivity index (χ1n) is 12.2. The van der Waals surface area contributed by atoms with Crippen molar-refractivity contribution in [2.75, 3.05) is 58.6 Å². The van der Waals surface area contributed by atoms with Crippen LogP contribution in [0.4, 0.5) is 10.1 Å². The summed E-state index contributed by atoms with van der Waals surface area (Å²) in [6.45, 7) is 2.42. The van der Waals surface area contributed by atoms with Crippen LogP contribution in [0.1, 0.15) is 33.9 Å². The van der Waals surface area contributed by atoms with Gasteiger partial charge in [0.1, 0.15) is 17.1 Å². The van der Waals surface area contributed by atoms with Crippen molar-refractivity contribution in [3.63, 3.8) is 0 Å². The van der Waals surface area contributed by atoms with Crippen molar-refractivity contribution in [1.82, 2.24) is 4.57 Å². The lowest BCUT2D eigenvalue weighted by atomic mass is 9.99. The van der Waals surface area contributed by atoms with Crippen LogP contribution in [0.2, 0.25) is 5.02 Å². The maximum absolute atomic E-state index is 15.2. The number of aromatic nitrogens is 1. The number of fused-ring (bicyclic) bond motifs is 1. The van der Waals surface area contributed by atoms with Crippen molar-refractivity contribution in [3.05, 3.63) is 68.2 Å². The third-order valence-electron chi connectivity index (χ3n) is 6.77. The standard InChI is InChI=1S/C27H30ClFN2O7/c1-36-6-3-18(15-32)31-14-21(27(34)35)26(33)20-11-16(24(37-2)13-23(20)31)9-17-10-19(12-22(28)25(17)29)30-4-7-38-8-5-30/h10-14,18,32H,3-9,15H2,1-2H3,(H,34,35). The third kappa shape index (κ3) is 5.63. The largest absolute Gasteiger partial charge is 0.496 e. The normalized spacial score (nSPS) is 14.6. The summed E-state index contributed by atoms with van der Waals surface area (Å²) in [7, 11) is 2.98. The third-order valence-corrected chi connectivity index (χ3v) is 7.04. The molecular weight excluding hydrogens is 519 g/mol. The lowest BCUT2D eigenvalue weighted by Gasteiger charge is -2.29. The number of pyridine rings is 1. The summed E-state index contributed by atoms with van der Waals surface area (Å²) in [6.07, 6.45) is 1.66. The molecule has 0 radical (unpaired) electrons. The highest BCUT2D eigenvalue weighted by Crippen LogP contribution is 2.33. The van der Waals surface area contributed by atoms with Crippen molar-refractivity contribution in [2.45, 2.75) is 18.9 Å². The molecule has 0 spiro atoms. The van der Waals surface area contributed by atoms with Crippen molar-refractivity contribution in [3.8, 4) is 5.75 Å². The number of rotatable bonds is 10. The van der Waals surface area contributed by atoms with Crippen LogP contribution in [0, 0.1) is 5.82 Å². The molecule has 0 bridgehead atoms. The summed E-state index contributed by atoms with van der Waals surface area (Å²) < 4.78 is 32.9. The predicted molar refractivity (Wildman–Crippen MR) is 142 cm³/mol. The van der Waals surface area contributed by atoms with E-state index < -0.39 is 28.8 Å². The number of halogens is 2. The van der Waals surface area contributed by atoms with E-state index in [-0.39, 0.29) is 23.4 Å². The van der Waals surface area contributed by atoms with Gasteiger partial charge in [-0.2, -0.15) is 0 Å². The van der Waals surface area contributed by atoms with Crippen molar-refractivity contribution in [2.24, 2.45) is 0 Å². The van der Waals surface area contributed by atoms with Crippen LogP contribution in [0.3, 0.4) is 0 Å². The molecule has 11 heteroatoms. The zero-order valence-corrected chi connectivity index (χ0v) is 22.0. The number of morpholine rings is 1. The minimum Gasteiger partial charge on any atom is -0.496 e. The number of aliphatic hydroxyl groups is 1. The molecule has 0 saturated carbocycles. The number of hydrogen-bond donors (Lipinski definition) is 2. The molecule has 1 unspecified atom stereocenters. The van der Waals surface area contributed by atoms with E-state index in [1.165, 1.54) is 26.5 Å². The summed E-state index contributed by atoms with van der Waals surface area (Å²) in [5.74, 6) is -1.59. The van der Waals surface area contributed by atoms with Gasteiger partial charge in [0.2, 0.25) is 5.43 Å². The van der Waals surface area contributed by atoms with Crippen LogP contribution < -0.4 is 15.1 Å². The van der Waals surface area contributed by atoms with E-state index in [4.69, 9.17) is 25.8 Å². The van der Waals surface area contributed by atoms with Gasteiger partial charge in [0.25, 0.3) is 0 Å². The van der Waals surface area contributed by atoms with Gasteiger partial charge in [-0.1, -0.05) is 11.6 Å². The van der Waals surface area contributed by atoms with E-state index in [1.54, 1.807) is 22.8 Å². The van der Waals surface area contributed by atoms with Gasteiger partial charge in [0.15, 0.2) is 0 Å². The quantitative estimate of drug-likeness (QED) is 0.396. The second-order valence-electron chi connectivity index (χ2n) is 9.06. The smallest absolute Gasteiger partial charge is 0.341 e. The SMILES string of the molecule is COCCC(CO)n1cc(C(=O)O)c(=O)c2cc(Cc3cc(N4CCOCC4)cc(Cl)c3F)c(OC)cc21. The number of carboxylic acids is 1. The Kier molecular flexibility index (Phi) is 8.88. The van der Waals surface area contributed by atoms with Crippen LogP contribution in [0.5, 0.6) is 5.75 Å². The maximum atomic E-state index is 15.2. The van der Waals surface area contributed by atoms with E-state index in [2.05, 4.69) is 4.90 Å². The zero-order valence-electron chi connectivity index (χ0n) is 21.2.